The van der Waals surface area contributed by atoms with E-state index in [1.54, 1.807) is 31.4 Å². The van der Waals surface area contributed by atoms with Crippen LogP contribution in [0.5, 0.6) is 0 Å². The van der Waals surface area contributed by atoms with E-state index in [0.29, 0.717) is 17.9 Å². The Hall–Kier alpha value is -3.12. The summed E-state index contributed by atoms with van der Waals surface area (Å²) in [7, 11) is 1.68. The van der Waals surface area contributed by atoms with Gasteiger partial charge in [-0.3, -0.25) is 9.59 Å². The number of nitrogens with one attached hydrogen (secondary N) is 2. The number of hydrogen-bond donors (Lipinski definition) is 2. The van der Waals surface area contributed by atoms with Gasteiger partial charge in [-0.05, 0) is 42.5 Å². The molecule has 0 spiro atoms. The largest absolute Gasteiger partial charge is 0.383 e. The molecule has 0 saturated carbocycles. The Labute approximate surface area is 170 Å². The summed E-state index contributed by atoms with van der Waals surface area (Å²) in [4.78, 5) is 24.9. The van der Waals surface area contributed by atoms with E-state index in [1.165, 1.54) is 0 Å². The summed E-state index contributed by atoms with van der Waals surface area (Å²) in [6.07, 6.45) is 2.01. The van der Waals surface area contributed by atoms with Crippen LogP contribution in [0.15, 0.2) is 54.7 Å². The van der Waals surface area contributed by atoms with Crippen LogP contribution in [0, 0.1) is 5.41 Å². The van der Waals surface area contributed by atoms with Crippen molar-refractivity contribution in [3.8, 4) is 0 Å². The van der Waals surface area contributed by atoms with Crippen molar-refractivity contribution in [3.05, 3.63) is 60.3 Å². The molecule has 0 bridgehead atoms. The fourth-order valence-corrected chi connectivity index (χ4v) is 2.92. The molecule has 6 nitrogen and oxygen atoms in total. The molecule has 6 heteroatoms. The van der Waals surface area contributed by atoms with E-state index in [4.69, 9.17) is 4.74 Å². The second-order valence-corrected chi connectivity index (χ2v) is 8.01. The first-order valence-electron chi connectivity index (χ1n) is 9.58. The number of aromatic nitrogens is 1. The number of benzene rings is 2. The number of rotatable bonds is 6. The lowest BCUT2D eigenvalue weighted by atomic mass is 9.95. The Morgan fingerprint density at radius 1 is 1.00 bits per heavy atom. The van der Waals surface area contributed by atoms with Gasteiger partial charge >= 0.3 is 0 Å². The molecule has 3 rings (SSSR count). The molecule has 29 heavy (non-hydrogen) atoms. The fourth-order valence-electron chi connectivity index (χ4n) is 2.92. The third-order valence-corrected chi connectivity index (χ3v) is 4.63. The maximum atomic E-state index is 12.7. The third-order valence-electron chi connectivity index (χ3n) is 4.63. The van der Waals surface area contributed by atoms with Gasteiger partial charge in [0.1, 0.15) is 0 Å². The predicted octanol–water partition coefficient (Wildman–Crippen LogP) is 4.52. The summed E-state index contributed by atoms with van der Waals surface area (Å²) in [5, 5.41) is 6.83. The summed E-state index contributed by atoms with van der Waals surface area (Å²) in [6.45, 7) is 6.95. The minimum atomic E-state index is -0.507. The average Bonchev–Trinajstić information content (AvgIpc) is 3.08. The number of ether oxygens (including phenoxy) is 1. The van der Waals surface area contributed by atoms with E-state index in [1.807, 2.05) is 51.2 Å². The Morgan fingerprint density at radius 3 is 2.48 bits per heavy atom. The number of carbonyl (C=O) groups excluding carboxylic acids is 2. The highest BCUT2D eigenvalue weighted by molar-refractivity contribution is 6.06. The normalized spacial score (nSPS) is 11.4. The second-order valence-electron chi connectivity index (χ2n) is 8.01. The van der Waals surface area contributed by atoms with Crippen molar-refractivity contribution in [1.29, 1.82) is 0 Å². The van der Waals surface area contributed by atoms with Gasteiger partial charge < -0.3 is 19.9 Å². The van der Waals surface area contributed by atoms with Gasteiger partial charge in [0, 0.05) is 53.1 Å². The molecule has 152 valence electrons. The van der Waals surface area contributed by atoms with Gasteiger partial charge in [0.05, 0.1) is 6.61 Å². The summed E-state index contributed by atoms with van der Waals surface area (Å²) < 4.78 is 7.25. The maximum absolute atomic E-state index is 12.7. The summed E-state index contributed by atoms with van der Waals surface area (Å²) in [5.74, 6) is -0.325. The molecule has 0 saturated heterocycles. The van der Waals surface area contributed by atoms with E-state index in [9.17, 15) is 9.59 Å². The monoisotopic (exact) mass is 393 g/mol. The highest BCUT2D eigenvalue weighted by atomic mass is 16.5. The van der Waals surface area contributed by atoms with E-state index in [2.05, 4.69) is 15.2 Å². The molecular formula is C23H27N3O3. The van der Waals surface area contributed by atoms with Crippen molar-refractivity contribution in [1.82, 2.24) is 4.57 Å². The number of methoxy groups -OCH3 is 1. The number of nitrogens with zero attached hydrogens (tertiary/aromatic N) is 1. The minimum absolute atomic E-state index is 0.0986. The van der Waals surface area contributed by atoms with Crippen LogP contribution in [0.4, 0.5) is 11.4 Å². The van der Waals surface area contributed by atoms with Crippen LogP contribution in [0.1, 0.15) is 31.1 Å². The lowest BCUT2D eigenvalue weighted by molar-refractivity contribution is -0.123. The molecule has 0 aliphatic heterocycles. The van der Waals surface area contributed by atoms with Crippen molar-refractivity contribution in [2.45, 2.75) is 27.3 Å². The molecule has 2 amide bonds. The average molecular weight is 393 g/mol. The van der Waals surface area contributed by atoms with E-state index in [-0.39, 0.29) is 11.8 Å². The molecule has 2 N–H and O–H groups in total. The Balaban J connectivity index is 1.73. The van der Waals surface area contributed by atoms with Crippen LogP contribution in [0.3, 0.4) is 0 Å². The van der Waals surface area contributed by atoms with Crippen LogP contribution in [0.2, 0.25) is 0 Å². The van der Waals surface area contributed by atoms with Crippen molar-refractivity contribution in [2.24, 2.45) is 5.41 Å². The molecule has 2 aromatic carbocycles. The smallest absolute Gasteiger partial charge is 0.255 e. The van der Waals surface area contributed by atoms with Gasteiger partial charge in [0.2, 0.25) is 5.91 Å². The Bertz CT molecular complexity index is 1030. The van der Waals surface area contributed by atoms with Crippen molar-refractivity contribution in [2.75, 3.05) is 24.4 Å². The van der Waals surface area contributed by atoms with Crippen LogP contribution in [-0.4, -0.2) is 30.1 Å². The predicted molar refractivity (Wildman–Crippen MR) is 116 cm³/mol. The third kappa shape index (κ3) is 5.03. The zero-order valence-corrected chi connectivity index (χ0v) is 17.3. The van der Waals surface area contributed by atoms with Crippen LogP contribution < -0.4 is 10.6 Å². The Kier molecular flexibility index (Phi) is 6.03. The summed E-state index contributed by atoms with van der Waals surface area (Å²) in [6, 6.07) is 14.8. The van der Waals surface area contributed by atoms with E-state index >= 15 is 0 Å². The SMILES string of the molecule is COCCn1ccc2cc(NC(=O)c3cccc(NC(=O)C(C)(C)C)c3)ccc21. The lowest BCUT2D eigenvalue weighted by Gasteiger charge is -2.18. The number of fused-ring (bicyclic) bond motifs is 1. The maximum Gasteiger partial charge on any atom is 0.255 e. The van der Waals surface area contributed by atoms with Crippen molar-refractivity contribution < 1.29 is 14.3 Å². The van der Waals surface area contributed by atoms with Gasteiger partial charge in [-0.2, -0.15) is 0 Å². The molecule has 0 fully saturated rings. The molecule has 0 aliphatic rings. The minimum Gasteiger partial charge on any atom is -0.383 e. The van der Waals surface area contributed by atoms with Gasteiger partial charge in [-0.25, -0.2) is 0 Å². The van der Waals surface area contributed by atoms with Crippen LogP contribution >= 0.6 is 0 Å². The first-order valence-corrected chi connectivity index (χ1v) is 9.58. The first-order chi connectivity index (χ1) is 13.8. The molecule has 1 heterocycles. The molecule has 0 unspecified atom stereocenters. The van der Waals surface area contributed by atoms with Gasteiger partial charge in [-0.15, -0.1) is 0 Å². The lowest BCUT2D eigenvalue weighted by Crippen LogP contribution is -2.27. The molecular weight excluding hydrogens is 366 g/mol. The summed E-state index contributed by atoms with van der Waals surface area (Å²) >= 11 is 0. The molecule has 1 aromatic heterocycles. The van der Waals surface area contributed by atoms with Gasteiger partial charge in [-0.1, -0.05) is 26.8 Å². The standard InChI is InChI=1S/C23H27N3O3/c1-23(2,3)22(28)25-18-7-5-6-17(15-18)21(27)24-19-8-9-20-16(14-19)10-11-26(20)12-13-29-4/h5-11,14-15H,12-13H2,1-4H3,(H,24,27)(H,25,28). The zero-order chi connectivity index (χ0) is 21.0. The van der Waals surface area contributed by atoms with Crippen LogP contribution in [0.25, 0.3) is 10.9 Å². The zero-order valence-electron chi connectivity index (χ0n) is 17.3. The molecule has 0 atom stereocenters. The highest BCUT2D eigenvalue weighted by Gasteiger charge is 2.21. The Morgan fingerprint density at radius 2 is 1.76 bits per heavy atom. The van der Waals surface area contributed by atoms with Gasteiger partial charge in [0.25, 0.3) is 5.91 Å². The summed E-state index contributed by atoms with van der Waals surface area (Å²) in [5.41, 5.74) is 2.38. The molecule has 3 aromatic rings. The van der Waals surface area contributed by atoms with Crippen molar-refractivity contribution >= 4 is 34.1 Å². The van der Waals surface area contributed by atoms with Crippen LogP contribution in [-0.2, 0) is 16.1 Å². The topological polar surface area (TPSA) is 72.4 Å². The second kappa shape index (κ2) is 8.49. The van der Waals surface area contributed by atoms with E-state index in [0.717, 1.165) is 23.1 Å². The number of hydrogen-bond acceptors (Lipinski definition) is 3. The highest BCUT2D eigenvalue weighted by Crippen LogP contribution is 2.22. The number of carbonyl (C=O) groups is 2. The quantitative estimate of drug-likeness (QED) is 0.646. The fraction of sp³-hybridized carbons (Fsp3) is 0.304. The first kappa shape index (κ1) is 20.6. The van der Waals surface area contributed by atoms with E-state index < -0.39 is 5.41 Å². The van der Waals surface area contributed by atoms with Crippen molar-refractivity contribution in [3.63, 3.8) is 0 Å². The molecule has 0 aliphatic carbocycles. The molecule has 0 radical (unpaired) electrons. The van der Waals surface area contributed by atoms with Gasteiger partial charge in [0.15, 0.2) is 0 Å². The number of amides is 2. The number of anilines is 2.